The number of fused-ring (bicyclic) bond motifs is 12. The Bertz CT molecular complexity index is 1560. The highest BCUT2D eigenvalue weighted by molar-refractivity contribution is 5.98. The molecule has 0 atom stereocenters. The van der Waals surface area contributed by atoms with Crippen molar-refractivity contribution in [2.75, 3.05) is 57.9 Å². The number of anilines is 1. The van der Waals surface area contributed by atoms with Crippen LogP contribution in [0.1, 0.15) is 85.1 Å². The van der Waals surface area contributed by atoms with Crippen molar-refractivity contribution in [3.05, 3.63) is 65.0 Å². The molecule has 2 fully saturated rings. The van der Waals surface area contributed by atoms with Gasteiger partial charge in [-0.1, -0.05) is 18.2 Å². The molecule has 10 nitrogen and oxygen atoms in total. The number of nitrogens with zero attached hydrogens (tertiary/aromatic N) is 4. The lowest BCUT2D eigenvalue weighted by molar-refractivity contribution is -0.154. The third-order valence-electron chi connectivity index (χ3n) is 9.48. The summed E-state index contributed by atoms with van der Waals surface area (Å²) in [5.41, 5.74) is 2.45. The number of nitrogens with one attached hydrogen (secondary N) is 2. The maximum atomic E-state index is 13.7. The molecule has 6 bridgehead atoms. The van der Waals surface area contributed by atoms with E-state index >= 15 is 0 Å². The molecule has 0 radical (unpaired) electrons. The number of aromatic nitrogens is 3. The highest BCUT2D eigenvalue weighted by Gasteiger charge is 2.44. The van der Waals surface area contributed by atoms with Crippen LogP contribution in [0, 0.1) is 5.41 Å². The minimum Gasteiger partial charge on any atom is -0.494 e. The number of likely N-dealkylation sites (tertiary alicyclic amines) is 1. The molecule has 3 aliphatic heterocycles. The summed E-state index contributed by atoms with van der Waals surface area (Å²) in [6.45, 7) is 4.88. The Kier molecular flexibility index (Phi) is 12.1. The predicted octanol–water partition coefficient (Wildman–Crippen LogP) is 6.39. The first kappa shape index (κ1) is 35.8. The highest BCUT2D eigenvalue weighted by Crippen LogP contribution is 2.50. The summed E-state index contributed by atoms with van der Waals surface area (Å²) in [7, 11) is 0. The normalized spacial score (nSPS) is 18.8. The topological polar surface area (TPSA) is 111 Å². The maximum Gasteiger partial charge on any atom is 0.422 e. The quantitative estimate of drug-likeness (QED) is 0.257. The molecular formula is C37H47F3N6O4. The van der Waals surface area contributed by atoms with E-state index in [1.807, 2.05) is 36.4 Å². The van der Waals surface area contributed by atoms with Crippen molar-refractivity contribution < 1.29 is 32.2 Å². The van der Waals surface area contributed by atoms with E-state index in [0.717, 1.165) is 75.3 Å². The molecule has 0 amide bonds. The van der Waals surface area contributed by atoms with Crippen molar-refractivity contribution in [2.45, 2.75) is 76.9 Å². The molecule has 13 heteroatoms. The first-order valence-corrected chi connectivity index (χ1v) is 17.8. The van der Waals surface area contributed by atoms with Crippen molar-refractivity contribution >= 4 is 11.7 Å². The van der Waals surface area contributed by atoms with E-state index in [4.69, 9.17) is 14.2 Å². The molecule has 0 unspecified atom stereocenters. The number of hydrogen-bond donors (Lipinski definition) is 2. The zero-order chi connectivity index (χ0) is 34.8. The first-order valence-electron chi connectivity index (χ1n) is 17.8. The summed E-state index contributed by atoms with van der Waals surface area (Å²) in [5, 5.41) is 6.54. The van der Waals surface area contributed by atoms with E-state index < -0.39 is 18.8 Å². The zero-order valence-electron chi connectivity index (χ0n) is 28.5. The van der Waals surface area contributed by atoms with Crippen LogP contribution in [0.4, 0.5) is 19.1 Å². The van der Waals surface area contributed by atoms with Gasteiger partial charge in [0.2, 0.25) is 5.95 Å². The van der Waals surface area contributed by atoms with E-state index in [1.165, 1.54) is 25.7 Å². The molecule has 3 aromatic rings. The van der Waals surface area contributed by atoms with Gasteiger partial charge in [-0.3, -0.25) is 4.79 Å². The lowest BCUT2D eigenvalue weighted by atomic mass is 9.94. The lowest BCUT2D eigenvalue weighted by Gasteiger charge is -2.22. The number of carbonyl (C=O) groups excluding carboxylic acids is 1. The first-order chi connectivity index (χ1) is 24.2. The number of alkyl halides is 3. The van der Waals surface area contributed by atoms with Gasteiger partial charge in [-0.05, 0) is 118 Å². The molecule has 50 heavy (non-hydrogen) atoms. The molecule has 1 saturated heterocycles. The van der Waals surface area contributed by atoms with Gasteiger partial charge < -0.3 is 29.7 Å². The lowest BCUT2D eigenvalue weighted by Crippen LogP contribution is -2.28. The molecule has 4 aliphatic rings. The Morgan fingerprint density at radius 2 is 1.66 bits per heavy atom. The largest absolute Gasteiger partial charge is 0.494 e. The van der Waals surface area contributed by atoms with Crippen molar-refractivity contribution in [1.82, 2.24) is 25.2 Å². The van der Waals surface area contributed by atoms with Gasteiger partial charge in [-0.25, -0.2) is 0 Å². The smallest absolute Gasteiger partial charge is 0.422 e. The van der Waals surface area contributed by atoms with Crippen LogP contribution in [-0.2, 0) is 13.0 Å². The summed E-state index contributed by atoms with van der Waals surface area (Å²) in [6.07, 6.45) is 4.36. The van der Waals surface area contributed by atoms with Crippen LogP contribution in [0.2, 0.25) is 0 Å². The van der Waals surface area contributed by atoms with Gasteiger partial charge in [0.05, 0.1) is 18.8 Å². The molecule has 1 aliphatic carbocycles. The SMILES string of the molecule is O=C(CCC1(CN2CCCC2)CC1)c1ccc2cc1OCCCCNCCCOc1ccc(cc1)CNc1nc(nc(OCC(F)(F)F)n1)C2. The molecule has 270 valence electrons. The fourth-order valence-electron chi connectivity index (χ4n) is 6.50. The van der Waals surface area contributed by atoms with Crippen LogP contribution >= 0.6 is 0 Å². The van der Waals surface area contributed by atoms with E-state index in [-0.39, 0.29) is 29.4 Å². The molecular weight excluding hydrogens is 649 g/mol. The Balaban J connectivity index is 1.21. The van der Waals surface area contributed by atoms with Crippen LogP contribution < -0.4 is 24.8 Å². The molecule has 4 heterocycles. The van der Waals surface area contributed by atoms with Crippen molar-refractivity contribution in [3.8, 4) is 17.5 Å². The average Bonchev–Trinajstić information content (AvgIpc) is 3.67. The minimum absolute atomic E-state index is 0.0582. The third-order valence-corrected chi connectivity index (χ3v) is 9.48. The summed E-state index contributed by atoms with van der Waals surface area (Å²) < 4.78 is 56.1. The van der Waals surface area contributed by atoms with E-state index in [0.29, 0.717) is 37.5 Å². The predicted molar refractivity (Wildman–Crippen MR) is 183 cm³/mol. The van der Waals surface area contributed by atoms with Gasteiger partial charge in [-0.2, -0.15) is 28.1 Å². The number of benzene rings is 2. The van der Waals surface area contributed by atoms with Gasteiger partial charge in [0, 0.05) is 25.9 Å². The second-order valence-electron chi connectivity index (χ2n) is 13.7. The number of ketones is 1. The average molecular weight is 697 g/mol. The van der Waals surface area contributed by atoms with Gasteiger partial charge in [0.1, 0.15) is 17.3 Å². The van der Waals surface area contributed by atoms with Crippen LogP contribution in [0.25, 0.3) is 0 Å². The van der Waals surface area contributed by atoms with Crippen LogP contribution in [0.5, 0.6) is 17.5 Å². The van der Waals surface area contributed by atoms with Crippen LogP contribution in [0.15, 0.2) is 42.5 Å². The monoisotopic (exact) mass is 696 g/mol. The summed E-state index contributed by atoms with van der Waals surface area (Å²) >= 11 is 0. The maximum absolute atomic E-state index is 13.7. The van der Waals surface area contributed by atoms with Gasteiger partial charge >= 0.3 is 12.2 Å². The number of hydrogen-bond acceptors (Lipinski definition) is 10. The summed E-state index contributed by atoms with van der Waals surface area (Å²) in [4.78, 5) is 29.0. The number of rotatable bonds is 8. The number of ether oxygens (including phenoxy) is 3. The zero-order valence-corrected chi connectivity index (χ0v) is 28.5. The number of halogens is 3. The Morgan fingerprint density at radius 1 is 0.900 bits per heavy atom. The van der Waals surface area contributed by atoms with E-state index in [2.05, 4.69) is 30.5 Å². The van der Waals surface area contributed by atoms with Crippen LogP contribution in [0.3, 0.4) is 0 Å². The second-order valence-corrected chi connectivity index (χ2v) is 13.7. The fourth-order valence-corrected chi connectivity index (χ4v) is 6.50. The van der Waals surface area contributed by atoms with Gasteiger partial charge in [0.25, 0.3) is 0 Å². The number of carbonyl (C=O) groups is 1. The Morgan fingerprint density at radius 3 is 2.44 bits per heavy atom. The third kappa shape index (κ3) is 11.0. The molecule has 1 aromatic heterocycles. The van der Waals surface area contributed by atoms with Crippen molar-refractivity contribution in [2.24, 2.45) is 5.41 Å². The van der Waals surface area contributed by atoms with Crippen molar-refractivity contribution in [3.63, 3.8) is 0 Å². The Hall–Kier alpha value is -3.97. The highest BCUT2D eigenvalue weighted by atomic mass is 19.4. The molecule has 1 saturated carbocycles. The van der Waals surface area contributed by atoms with E-state index in [1.54, 1.807) is 6.07 Å². The minimum atomic E-state index is -4.55. The second kappa shape index (κ2) is 16.8. The summed E-state index contributed by atoms with van der Waals surface area (Å²) in [6, 6.07) is 12.6. The fraction of sp³-hybridized carbons (Fsp3) is 0.568. The summed E-state index contributed by atoms with van der Waals surface area (Å²) in [5.74, 6) is 1.62. The molecule has 2 N–H and O–H groups in total. The Labute approximate surface area is 291 Å². The van der Waals surface area contributed by atoms with Crippen molar-refractivity contribution in [1.29, 1.82) is 0 Å². The standard InChI is InChI=1S/C37H47F3N6O4/c38-37(39,40)26-50-35-44-33-23-28-8-11-30(31(47)12-13-36(14-15-36)25-46-18-2-3-19-46)32(22-28)49-20-4-1-16-41-17-5-21-48-29-9-6-27(7-10-29)24-42-34(43-33)45-35/h6-11,22,41H,1-5,12-21,23-26H2,(H,42,43,44,45). The number of Topliss-reactive ketones (excluding diaryl/α,β-unsaturated/α-hetero) is 1. The van der Waals surface area contributed by atoms with Gasteiger partial charge in [-0.15, -0.1) is 0 Å². The van der Waals surface area contributed by atoms with Crippen LogP contribution in [-0.4, -0.2) is 84.4 Å². The molecule has 0 spiro atoms. The molecule has 2 aromatic carbocycles. The molecule has 7 rings (SSSR count). The van der Waals surface area contributed by atoms with Gasteiger partial charge in [0.15, 0.2) is 12.4 Å². The van der Waals surface area contributed by atoms with E-state index in [9.17, 15) is 18.0 Å².